The third kappa shape index (κ3) is 3.43. The van der Waals surface area contributed by atoms with Crippen molar-refractivity contribution in [3.05, 3.63) is 32.8 Å². The highest BCUT2D eigenvalue weighted by Crippen LogP contribution is 2.29. The first-order chi connectivity index (χ1) is 9.90. The molecular formula is C13H16ClN3O4. The number of hydrogen-bond donors (Lipinski definition) is 2. The standard InChI is InChI=1S/C13H16ClN3O4/c1-7-8(2-3-21-7)6-16-13(18)10-4-9(17(19)20)5-11(14)12(10)15/h4-5,7-8H,2-3,6,15H2,1H3,(H,16,18). The fourth-order valence-electron chi connectivity index (χ4n) is 2.26. The molecule has 1 fully saturated rings. The Bertz CT molecular complexity index is 579. The highest BCUT2D eigenvalue weighted by atomic mass is 35.5. The molecule has 1 aromatic rings. The molecule has 2 rings (SSSR count). The van der Waals surface area contributed by atoms with E-state index in [0.29, 0.717) is 13.2 Å². The van der Waals surface area contributed by atoms with Gasteiger partial charge in [-0.15, -0.1) is 0 Å². The predicted molar refractivity (Wildman–Crippen MR) is 78.4 cm³/mol. The van der Waals surface area contributed by atoms with Crippen molar-refractivity contribution in [1.82, 2.24) is 5.32 Å². The molecule has 7 nitrogen and oxygen atoms in total. The minimum absolute atomic E-state index is 0.00748. The molecule has 0 bridgehead atoms. The molecule has 1 saturated heterocycles. The fourth-order valence-corrected chi connectivity index (χ4v) is 2.47. The van der Waals surface area contributed by atoms with Crippen molar-refractivity contribution in [2.75, 3.05) is 18.9 Å². The zero-order valence-corrected chi connectivity index (χ0v) is 12.2. The average Bonchev–Trinajstić information content (AvgIpc) is 2.84. The van der Waals surface area contributed by atoms with Crippen molar-refractivity contribution in [3.63, 3.8) is 0 Å². The molecule has 21 heavy (non-hydrogen) atoms. The van der Waals surface area contributed by atoms with Gasteiger partial charge in [-0.05, 0) is 13.3 Å². The summed E-state index contributed by atoms with van der Waals surface area (Å²) in [4.78, 5) is 22.3. The molecule has 1 amide bonds. The van der Waals surface area contributed by atoms with Gasteiger partial charge >= 0.3 is 0 Å². The molecule has 0 aromatic heterocycles. The quantitative estimate of drug-likeness (QED) is 0.502. The summed E-state index contributed by atoms with van der Waals surface area (Å²) in [7, 11) is 0. The zero-order chi connectivity index (χ0) is 15.6. The number of benzene rings is 1. The van der Waals surface area contributed by atoms with Crippen LogP contribution in [0.1, 0.15) is 23.7 Å². The van der Waals surface area contributed by atoms with Gasteiger partial charge in [0.15, 0.2) is 0 Å². The van der Waals surface area contributed by atoms with Gasteiger partial charge in [0, 0.05) is 31.2 Å². The molecule has 1 aromatic carbocycles. The van der Waals surface area contributed by atoms with Crippen LogP contribution >= 0.6 is 11.6 Å². The van der Waals surface area contributed by atoms with Crippen molar-refractivity contribution in [2.24, 2.45) is 5.92 Å². The van der Waals surface area contributed by atoms with E-state index in [1.165, 1.54) is 0 Å². The van der Waals surface area contributed by atoms with Gasteiger partial charge in [-0.2, -0.15) is 0 Å². The Morgan fingerprint density at radius 3 is 2.90 bits per heavy atom. The van der Waals surface area contributed by atoms with Crippen LogP contribution in [0.25, 0.3) is 0 Å². The first kappa shape index (κ1) is 15.5. The van der Waals surface area contributed by atoms with E-state index in [1.54, 1.807) is 0 Å². The van der Waals surface area contributed by atoms with Crippen LogP contribution in [0.15, 0.2) is 12.1 Å². The number of carbonyl (C=O) groups excluding carboxylic acids is 1. The van der Waals surface area contributed by atoms with Crippen molar-refractivity contribution in [2.45, 2.75) is 19.4 Å². The van der Waals surface area contributed by atoms with Crippen LogP contribution in [-0.4, -0.2) is 30.1 Å². The van der Waals surface area contributed by atoms with E-state index < -0.39 is 10.8 Å². The number of nitrogens with two attached hydrogens (primary N) is 1. The number of anilines is 1. The Hall–Kier alpha value is -1.86. The SMILES string of the molecule is CC1OCCC1CNC(=O)c1cc([N+](=O)[O-])cc(Cl)c1N. The number of carbonyl (C=O) groups is 1. The van der Waals surface area contributed by atoms with E-state index >= 15 is 0 Å². The topological polar surface area (TPSA) is 107 Å². The van der Waals surface area contributed by atoms with Gasteiger partial charge in [-0.3, -0.25) is 14.9 Å². The molecule has 8 heteroatoms. The summed E-state index contributed by atoms with van der Waals surface area (Å²) >= 11 is 5.83. The predicted octanol–water partition coefficient (Wildman–Crippen LogP) is 1.99. The smallest absolute Gasteiger partial charge is 0.271 e. The molecule has 0 radical (unpaired) electrons. The van der Waals surface area contributed by atoms with E-state index in [4.69, 9.17) is 22.1 Å². The van der Waals surface area contributed by atoms with Crippen LogP contribution < -0.4 is 11.1 Å². The number of nitro groups is 1. The lowest BCUT2D eigenvalue weighted by molar-refractivity contribution is -0.384. The maximum absolute atomic E-state index is 12.1. The molecule has 1 aliphatic rings. The lowest BCUT2D eigenvalue weighted by Crippen LogP contribution is -2.32. The normalized spacial score (nSPS) is 21.2. The minimum atomic E-state index is -0.616. The van der Waals surface area contributed by atoms with Crippen molar-refractivity contribution in [1.29, 1.82) is 0 Å². The molecule has 3 N–H and O–H groups in total. The van der Waals surface area contributed by atoms with Crippen LogP contribution in [0, 0.1) is 16.0 Å². The van der Waals surface area contributed by atoms with Gasteiger partial charge in [-0.1, -0.05) is 11.6 Å². The lowest BCUT2D eigenvalue weighted by Gasteiger charge is -2.15. The van der Waals surface area contributed by atoms with Crippen LogP contribution in [0.5, 0.6) is 0 Å². The summed E-state index contributed by atoms with van der Waals surface area (Å²) in [5.41, 5.74) is 5.51. The second-order valence-corrected chi connectivity index (χ2v) is 5.39. The number of nitrogens with zero attached hydrogens (tertiary/aromatic N) is 1. The van der Waals surface area contributed by atoms with Gasteiger partial charge in [0.25, 0.3) is 11.6 Å². The molecule has 0 spiro atoms. The first-order valence-corrected chi connectivity index (χ1v) is 6.91. The van der Waals surface area contributed by atoms with Crippen LogP contribution in [0.4, 0.5) is 11.4 Å². The molecule has 1 heterocycles. The number of halogens is 1. The third-order valence-electron chi connectivity index (χ3n) is 3.63. The minimum Gasteiger partial charge on any atom is -0.397 e. The maximum atomic E-state index is 12.1. The van der Waals surface area contributed by atoms with Gasteiger partial charge in [0.2, 0.25) is 0 Å². The Balaban J connectivity index is 2.13. The summed E-state index contributed by atoms with van der Waals surface area (Å²) in [6, 6.07) is 2.26. The summed E-state index contributed by atoms with van der Waals surface area (Å²) in [6.45, 7) is 3.05. The Morgan fingerprint density at radius 1 is 1.62 bits per heavy atom. The number of rotatable bonds is 4. The fraction of sp³-hybridized carbons (Fsp3) is 0.462. The Labute approximate surface area is 126 Å². The largest absolute Gasteiger partial charge is 0.397 e. The number of nitrogen functional groups attached to an aromatic ring is 1. The highest BCUT2D eigenvalue weighted by molar-refractivity contribution is 6.34. The summed E-state index contributed by atoms with van der Waals surface area (Å²) < 4.78 is 5.41. The van der Waals surface area contributed by atoms with Gasteiger partial charge in [0.05, 0.1) is 27.3 Å². The number of amides is 1. The van der Waals surface area contributed by atoms with E-state index in [2.05, 4.69) is 5.32 Å². The Kier molecular flexibility index (Phi) is 4.64. The highest BCUT2D eigenvalue weighted by Gasteiger charge is 2.25. The number of nitrogens with one attached hydrogen (secondary N) is 1. The zero-order valence-electron chi connectivity index (χ0n) is 11.5. The van der Waals surface area contributed by atoms with Crippen LogP contribution in [-0.2, 0) is 4.74 Å². The van der Waals surface area contributed by atoms with Crippen LogP contribution in [0.2, 0.25) is 5.02 Å². The van der Waals surface area contributed by atoms with Crippen molar-refractivity contribution in [3.8, 4) is 0 Å². The second kappa shape index (κ2) is 6.28. The first-order valence-electron chi connectivity index (χ1n) is 6.53. The molecule has 1 aliphatic heterocycles. The molecule has 0 aliphatic carbocycles. The summed E-state index contributed by atoms with van der Waals surface area (Å²) in [5, 5.41) is 13.5. The number of hydrogen-bond acceptors (Lipinski definition) is 5. The van der Waals surface area contributed by atoms with Gasteiger partial charge < -0.3 is 15.8 Å². The van der Waals surface area contributed by atoms with E-state index in [-0.39, 0.29) is 34.0 Å². The van der Waals surface area contributed by atoms with E-state index in [0.717, 1.165) is 18.6 Å². The second-order valence-electron chi connectivity index (χ2n) is 4.98. The summed E-state index contributed by atoms with van der Waals surface area (Å²) in [6.07, 6.45) is 0.948. The van der Waals surface area contributed by atoms with Crippen molar-refractivity contribution < 1.29 is 14.5 Å². The molecule has 2 atom stereocenters. The molecular weight excluding hydrogens is 298 g/mol. The monoisotopic (exact) mass is 313 g/mol. The molecule has 0 saturated carbocycles. The van der Waals surface area contributed by atoms with Gasteiger partial charge in [-0.25, -0.2) is 0 Å². The van der Waals surface area contributed by atoms with E-state index in [1.807, 2.05) is 6.92 Å². The molecule has 114 valence electrons. The number of non-ortho nitro benzene ring substituents is 1. The average molecular weight is 314 g/mol. The van der Waals surface area contributed by atoms with Gasteiger partial charge in [0.1, 0.15) is 0 Å². The number of ether oxygens (including phenoxy) is 1. The van der Waals surface area contributed by atoms with Crippen molar-refractivity contribution >= 4 is 28.9 Å². The Morgan fingerprint density at radius 2 is 2.33 bits per heavy atom. The number of nitro benzene ring substituents is 1. The lowest BCUT2D eigenvalue weighted by atomic mass is 10.0. The van der Waals surface area contributed by atoms with Crippen LogP contribution in [0.3, 0.4) is 0 Å². The summed E-state index contributed by atoms with van der Waals surface area (Å²) in [5.74, 6) is -0.249. The van der Waals surface area contributed by atoms with E-state index in [9.17, 15) is 14.9 Å². The third-order valence-corrected chi connectivity index (χ3v) is 3.94. The molecule has 2 unspecified atom stereocenters. The maximum Gasteiger partial charge on any atom is 0.271 e.